The molecule has 2 bridgehead atoms. The van der Waals surface area contributed by atoms with Crippen LogP contribution in [0, 0.1) is 9.49 Å². The maximum atomic E-state index is 3.74. The maximum absolute atomic E-state index is 3.74. The van der Waals surface area contributed by atoms with Crippen LogP contribution in [0.1, 0.15) is 12.8 Å². The molecule has 3 unspecified atom stereocenters. The number of benzene rings is 1. The molecule has 1 N–H and O–H groups in total. The topological polar surface area (TPSA) is 15.3 Å². The zero-order valence-corrected chi connectivity index (χ0v) is 11.5. The normalized spacial score (nSPS) is 32.7. The highest BCUT2D eigenvalue weighted by molar-refractivity contribution is 14.1. The van der Waals surface area contributed by atoms with Gasteiger partial charge in [-0.3, -0.25) is 0 Å². The van der Waals surface area contributed by atoms with Crippen molar-refractivity contribution < 1.29 is 0 Å². The van der Waals surface area contributed by atoms with Crippen molar-refractivity contribution in [3.05, 3.63) is 27.8 Å². The zero-order valence-electron chi connectivity index (χ0n) is 9.32. The summed E-state index contributed by atoms with van der Waals surface area (Å²) < 4.78 is 1.33. The Morgan fingerprint density at radius 1 is 1.19 bits per heavy atom. The van der Waals surface area contributed by atoms with E-state index in [-0.39, 0.29) is 0 Å². The van der Waals surface area contributed by atoms with Crippen molar-refractivity contribution >= 4 is 28.3 Å². The average Bonchev–Trinajstić information content (AvgIpc) is 2.68. The van der Waals surface area contributed by atoms with E-state index in [1.165, 1.54) is 41.7 Å². The van der Waals surface area contributed by atoms with E-state index in [1.54, 1.807) is 0 Å². The fourth-order valence-corrected chi connectivity index (χ4v) is 3.46. The molecule has 2 heterocycles. The minimum Gasteiger partial charge on any atom is -0.381 e. The predicted octanol–water partition coefficient (Wildman–Crippen LogP) is 2.80. The lowest BCUT2D eigenvalue weighted by atomic mass is 9.94. The molecule has 3 heteroatoms. The minimum absolute atomic E-state index is 0.690. The standard InChI is InChI=1S/C13H17IN2/c14-11-3-1-2-4-13(11)15-12-6-8-16-7-5-10(12)9-16/h1-4,10,12,15H,5-9H2. The first-order chi connectivity index (χ1) is 7.83. The third-order valence-electron chi connectivity index (χ3n) is 3.85. The Hall–Kier alpha value is -0.290. The van der Waals surface area contributed by atoms with Crippen LogP contribution >= 0.6 is 22.6 Å². The van der Waals surface area contributed by atoms with Crippen LogP contribution in [0.3, 0.4) is 0 Å². The first-order valence-corrected chi connectivity index (χ1v) is 7.14. The molecule has 0 radical (unpaired) electrons. The van der Waals surface area contributed by atoms with Crippen molar-refractivity contribution in [2.75, 3.05) is 25.0 Å². The van der Waals surface area contributed by atoms with Gasteiger partial charge in [0.15, 0.2) is 0 Å². The molecule has 3 atom stereocenters. The van der Waals surface area contributed by atoms with Gasteiger partial charge in [0.25, 0.3) is 0 Å². The van der Waals surface area contributed by atoms with Gasteiger partial charge in [0, 0.05) is 28.4 Å². The largest absolute Gasteiger partial charge is 0.381 e. The summed E-state index contributed by atoms with van der Waals surface area (Å²) in [5.74, 6) is 0.866. The molecule has 0 saturated carbocycles. The Balaban J connectivity index is 1.73. The molecular weight excluding hydrogens is 311 g/mol. The number of nitrogens with one attached hydrogen (secondary N) is 1. The fourth-order valence-electron chi connectivity index (χ4n) is 2.92. The van der Waals surface area contributed by atoms with Gasteiger partial charge in [-0.2, -0.15) is 0 Å². The lowest BCUT2D eigenvalue weighted by Crippen LogP contribution is -2.39. The number of piperidine rings is 1. The molecule has 0 amide bonds. The summed E-state index contributed by atoms with van der Waals surface area (Å²) in [5.41, 5.74) is 1.31. The van der Waals surface area contributed by atoms with Crippen LogP contribution < -0.4 is 5.32 Å². The lowest BCUT2D eigenvalue weighted by Gasteiger charge is -2.32. The molecule has 2 aliphatic rings. The van der Waals surface area contributed by atoms with Gasteiger partial charge in [0.05, 0.1) is 0 Å². The number of hydrogen-bond donors (Lipinski definition) is 1. The van der Waals surface area contributed by atoms with Crippen molar-refractivity contribution in [3.63, 3.8) is 0 Å². The van der Waals surface area contributed by atoms with Crippen LogP contribution in [0.2, 0.25) is 0 Å². The van der Waals surface area contributed by atoms with E-state index >= 15 is 0 Å². The van der Waals surface area contributed by atoms with E-state index in [9.17, 15) is 0 Å². The molecular formula is C13H17IN2. The smallest absolute Gasteiger partial charge is 0.0478 e. The van der Waals surface area contributed by atoms with Gasteiger partial charge in [-0.15, -0.1) is 0 Å². The summed E-state index contributed by atoms with van der Waals surface area (Å²) in [7, 11) is 0. The number of anilines is 1. The van der Waals surface area contributed by atoms with Crippen molar-refractivity contribution in [1.82, 2.24) is 4.90 Å². The Kier molecular flexibility index (Phi) is 3.07. The molecule has 1 aromatic carbocycles. The summed E-state index contributed by atoms with van der Waals surface area (Å²) in [4.78, 5) is 2.60. The molecule has 2 fully saturated rings. The molecule has 1 aromatic rings. The molecule has 86 valence electrons. The number of nitrogens with zero attached hydrogens (tertiary/aromatic N) is 1. The molecule has 3 rings (SSSR count). The molecule has 0 spiro atoms. The van der Waals surface area contributed by atoms with Gasteiger partial charge in [0.1, 0.15) is 0 Å². The molecule has 0 aliphatic carbocycles. The van der Waals surface area contributed by atoms with Gasteiger partial charge in [-0.05, 0) is 60.0 Å². The monoisotopic (exact) mass is 328 g/mol. The fraction of sp³-hybridized carbons (Fsp3) is 0.538. The Bertz CT molecular complexity index is 380. The van der Waals surface area contributed by atoms with E-state index in [0.717, 1.165) is 5.92 Å². The van der Waals surface area contributed by atoms with Gasteiger partial charge in [-0.1, -0.05) is 12.1 Å². The van der Waals surface area contributed by atoms with E-state index in [0.29, 0.717) is 6.04 Å². The summed E-state index contributed by atoms with van der Waals surface area (Å²) in [6, 6.07) is 9.28. The molecule has 16 heavy (non-hydrogen) atoms. The van der Waals surface area contributed by atoms with Crippen LogP contribution in [0.4, 0.5) is 5.69 Å². The van der Waals surface area contributed by atoms with Crippen LogP contribution in [0.15, 0.2) is 24.3 Å². The van der Waals surface area contributed by atoms with Crippen molar-refractivity contribution in [2.24, 2.45) is 5.92 Å². The summed E-state index contributed by atoms with van der Waals surface area (Å²) in [6.45, 7) is 3.90. The van der Waals surface area contributed by atoms with E-state index in [2.05, 4.69) is 57.1 Å². The third-order valence-corrected chi connectivity index (χ3v) is 4.79. The Morgan fingerprint density at radius 2 is 2.00 bits per heavy atom. The van der Waals surface area contributed by atoms with Crippen molar-refractivity contribution in [3.8, 4) is 0 Å². The Labute approximate surface area is 111 Å². The second kappa shape index (κ2) is 4.53. The molecule has 2 nitrogen and oxygen atoms in total. The van der Waals surface area contributed by atoms with Crippen molar-refractivity contribution in [2.45, 2.75) is 18.9 Å². The maximum Gasteiger partial charge on any atom is 0.0478 e. The highest BCUT2D eigenvalue weighted by Gasteiger charge is 2.34. The molecule has 2 saturated heterocycles. The second-order valence-corrected chi connectivity index (χ2v) is 6.03. The lowest BCUT2D eigenvalue weighted by molar-refractivity contribution is 0.255. The summed E-state index contributed by atoms with van der Waals surface area (Å²) in [5, 5.41) is 3.74. The van der Waals surface area contributed by atoms with Crippen molar-refractivity contribution in [1.29, 1.82) is 0 Å². The number of hydrogen-bond acceptors (Lipinski definition) is 2. The predicted molar refractivity (Wildman–Crippen MR) is 75.7 cm³/mol. The van der Waals surface area contributed by atoms with E-state index < -0.39 is 0 Å². The number of para-hydroxylation sites is 1. The molecule has 2 aliphatic heterocycles. The first-order valence-electron chi connectivity index (χ1n) is 6.06. The first kappa shape index (κ1) is 10.8. The van der Waals surface area contributed by atoms with Gasteiger partial charge >= 0.3 is 0 Å². The second-order valence-electron chi connectivity index (χ2n) is 4.87. The number of rotatable bonds is 2. The molecule has 0 aromatic heterocycles. The van der Waals surface area contributed by atoms with Gasteiger partial charge in [-0.25, -0.2) is 0 Å². The minimum atomic E-state index is 0.690. The third kappa shape index (κ3) is 2.07. The summed E-state index contributed by atoms with van der Waals surface area (Å²) in [6.07, 6.45) is 2.68. The quantitative estimate of drug-likeness (QED) is 0.840. The van der Waals surface area contributed by atoms with Crippen LogP contribution in [0.5, 0.6) is 0 Å². The highest BCUT2D eigenvalue weighted by atomic mass is 127. The number of fused-ring (bicyclic) bond motifs is 2. The number of halogens is 1. The van der Waals surface area contributed by atoms with Crippen LogP contribution in [-0.2, 0) is 0 Å². The van der Waals surface area contributed by atoms with Crippen LogP contribution in [-0.4, -0.2) is 30.6 Å². The van der Waals surface area contributed by atoms with Gasteiger partial charge in [0.2, 0.25) is 0 Å². The van der Waals surface area contributed by atoms with Gasteiger partial charge < -0.3 is 10.2 Å². The Morgan fingerprint density at radius 3 is 2.88 bits per heavy atom. The highest BCUT2D eigenvalue weighted by Crippen LogP contribution is 2.30. The average molecular weight is 328 g/mol. The zero-order chi connectivity index (χ0) is 11.0. The van der Waals surface area contributed by atoms with Crippen LogP contribution in [0.25, 0.3) is 0 Å². The SMILES string of the molecule is Ic1ccccc1NC1CCN2CCC1C2. The van der Waals surface area contributed by atoms with E-state index in [1.807, 2.05) is 0 Å². The summed E-state index contributed by atoms with van der Waals surface area (Å²) >= 11 is 2.41. The van der Waals surface area contributed by atoms with E-state index in [4.69, 9.17) is 0 Å².